The SMILES string of the molecule is CC(C)(N)CNC(=O)c1ccc(S(C)(=O)=O)cc1.Cl. The van der Waals surface area contributed by atoms with Crippen molar-refractivity contribution in [3.8, 4) is 0 Å². The van der Waals surface area contributed by atoms with E-state index in [9.17, 15) is 13.2 Å². The molecule has 0 heterocycles. The zero-order chi connectivity index (χ0) is 14.0. The molecule has 0 atom stereocenters. The second-order valence-electron chi connectivity index (χ2n) is 4.97. The molecule has 0 aliphatic carbocycles. The average Bonchev–Trinajstić information content (AvgIpc) is 2.24. The van der Waals surface area contributed by atoms with E-state index in [1.54, 1.807) is 13.8 Å². The van der Waals surface area contributed by atoms with Crippen molar-refractivity contribution < 1.29 is 13.2 Å². The van der Waals surface area contributed by atoms with Crippen LogP contribution in [0.1, 0.15) is 24.2 Å². The molecular weight excluding hydrogens is 288 g/mol. The van der Waals surface area contributed by atoms with E-state index in [2.05, 4.69) is 5.32 Å². The van der Waals surface area contributed by atoms with Crippen LogP contribution in [0.2, 0.25) is 0 Å². The highest BCUT2D eigenvalue weighted by atomic mass is 35.5. The molecule has 0 unspecified atom stereocenters. The third-order valence-electron chi connectivity index (χ3n) is 2.25. The topological polar surface area (TPSA) is 89.3 Å². The zero-order valence-electron chi connectivity index (χ0n) is 11.1. The van der Waals surface area contributed by atoms with Crippen LogP contribution in [0.25, 0.3) is 0 Å². The van der Waals surface area contributed by atoms with Gasteiger partial charge in [-0.1, -0.05) is 0 Å². The first-order valence-corrected chi connectivity index (χ1v) is 7.36. The number of benzene rings is 1. The summed E-state index contributed by atoms with van der Waals surface area (Å²) in [5, 5.41) is 2.68. The summed E-state index contributed by atoms with van der Waals surface area (Å²) in [5.41, 5.74) is 5.67. The molecule has 0 aliphatic heterocycles. The molecule has 108 valence electrons. The molecule has 7 heteroatoms. The molecule has 1 rings (SSSR count). The average molecular weight is 307 g/mol. The van der Waals surface area contributed by atoms with E-state index in [1.807, 2.05) is 0 Å². The lowest BCUT2D eigenvalue weighted by Gasteiger charge is -2.18. The highest BCUT2D eigenvalue weighted by Gasteiger charge is 2.14. The Kier molecular flexibility index (Phi) is 5.99. The zero-order valence-corrected chi connectivity index (χ0v) is 12.8. The summed E-state index contributed by atoms with van der Waals surface area (Å²) in [6.45, 7) is 3.96. The van der Waals surface area contributed by atoms with Crippen molar-refractivity contribution in [2.75, 3.05) is 12.8 Å². The van der Waals surface area contributed by atoms with Crippen molar-refractivity contribution in [3.63, 3.8) is 0 Å². The van der Waals surface area contributed by atoms with Crippen LogP contribution in [0.3, 0.4) is 0 Å². The van der Waals surface area contributed by atoms with Crippen LogP contribution in [-0.2, 0) is 9.84 Å². The van der Waals surface area contributed by atoms with Crippen LogP contribution in [0.4, 0.5) is 0 Å². The normalized spacial score (nSPS) is 11.6. The Morgan fingerprint density at radius 3 is 2.11 bits per heavy atom. The Labute approximate surface area is 119 Å². The first-order chi connectivity index (χ1) is 8.09. The van der Waals surface area contributed by atoms with Crippen LogP contribution >= 0.6 is 12.4 Å². The molecule has 0 saturated carbocycles. The van der Waals surface area contributed by atoms with Gasteiger partial charge in [-0.05, 0) is 38.1 Å². The van der Waals surface area contributed by atoms with Crippen molar-refractivity contribution in [3.05, 3.63) is 29.8 Å². The molecule has 0 radical (unpaired) electrons. The number of hydrogen-bond donors (Lipinski definition) is 2. The summed E-state index contributed by atoms with van der Waals surface area (Å²) in [7, 11) is -3.23. The molecule has 19 heavy (non-hydrogen) atoms. The Morgan fingerprint density at radius 2 is 1.74 bits per heavy atom. The first kappa shape index (κ1) is 17.9. The van der Waals surface area contributed by atoms with E-state index < -0.39 is 15.4 Å². The lowest BCUT2D eigenvalue weighted by atomic mass is 10.1. The maximum absolute atomic E-state index is 11.7. The van der Waals surface area contributed by atoms with Crippen LogP contribution in [0, 0.1) is 0 Å². The summed E-state index contributed by atoms with van der Waals surface area (Å²) in [5.74, 6) is -0.270. The van der Waals surface area contributed by atoms with Crippen molar-refractivity contribution in [1.29, 1.82) is 0 Å². The second kappa shape index (κ2) is 6.36. The summed E-state index contributed by atoms with van der Waals surface area (Å²) in [6, 6.07) is 5.79. The Balaban J connectivity index is 0.00000324. The summed E-state index contributed by atoms with van der Waals surface area (Å²) in [4.78, 5) is 11.9. The lowest BCUT2D eigenvalue weighted by molar-refractivity contribution is 0.0946. The maximum atomic E-state index is 11.7. The molecule has 0 spiro atoms. The molecule has 3 N–H and O–H groups in total. The molecule has 1 aromatic rings. The van der Waals surface area contributed by atoms with E-state index in [0.29, 0.717) is 12.1 Å². The molecule has 0 aromatic heterocycles. The lowest BCUT2D eigenvalue weighted by Crippen LogP contribution is -2.45. The van der Waals surface area contributed by atoms with Crippen LogP contribution in [0.5, 0.6) is 0 Å². The molecule has 0 saturated heterocycles. The minimum Gasteiger partial charge on any atom is -0.350 e. The van der Waals surface area contributed by atoms with Gasteiger partial charge in [-0.3, -0.25) is 4.79 Å². The van der Waals surface area contributed by atoms with E-state index in [-0.39, 0.29) is 23.2 Å². The van der Waals surface area contributed by atoms with Gasteiger partial charge in [-0.2, -0.15) is 0 Å². The number of rotatable bonds is 4. The van der Waals surface area contributed by atoms with Crippen molar-refractivity contribution in [1.82, 2.24) is 5.32 Å². The first-order valence-electron chi connectivity index (χ1n) is 5.47. The second-order valence-corrected chi connectivity index (χ2v) is 6.98. The van der Waals surface area contributed by atoms with E-state index in [1.165, 1.54) is 24.3 Å². The summed E-state index contributed by atoms with van der Waals surface area (Å²) < 4.78 is 22.5. The fourth-order valence-electron chi connectivity index (χ4n) is 1.26. The number of carbonyl (C=O) groups is 1. The molecule has 0 fully saturated rings. The molecule has 1 aromatic carbocycles. The quantitative estimate of drug-likeness (QED) is 0.867. The molecule has 0 bridgehead atoms. The Morgan fingerprint density at radius 1 is 1.26 bits per heavy atom. The third kappa shape index (κ3) is 6.04. The summed E-state index contributed by atoms with van der Waals surface area (Å²) in [6.07, 6.45) is 1.12. The highest BCUT2D eigenvalue weighted by molar-refractivity contribution is 7.90. The number of halogens is 1. The standard InChI is InChI=1S/C12H18N2O3S.ClH/c1-12(2,13)8-14-11(15)9-4-6-10(7-5-9)18(3,16)17;/h4-7H,8,13H2,1-3H3,(H,14,15);1H. The van der Waals surface area contributed by atoms with Gasteiger partial charge in [-0.25, -0.2) is 8.42 Å². The summed E-state index contributed by atoms with van der Waals surface area (Å²) >= 11 is 0. The monoisotopic (exact) mass is 306 g/mol. The molecule has 1 amide bonds. The van der Waals surface area contributed by atoms with Crippen LogP contribution in [0.15, 0.2) is 29.2 Å². The van der Waals surface area contributed by atoms with Gasteiger partial charge >= 0.3 is 0 Å². The predicted octanol–water partition coefficient (Wildman–Crippen LogP) is 0.979. The van der Waals surface area contributed by atoms with Crippen LogP contribution < -0.4 is 11.1 Å². The van der Waals surface area contributed by atoms with Crippen molar-refractivity contribution >= 4 is 28.2 Å². The number of carbonyl (C=O) groups excluding carboxylic acids is 1. The minimum absolute atomic E-state index is 0. The van der Waals surface area contributed by atoms with Gasteiger partial charge in [0.25, 0.3) is 5.91 Å². The van der Waals surface area contributed by atoms with Gasteiger partial charge in [0, 0.05) is 23.9 Å². The van der Waals surface area contributed by atoms with Gasteiger partial charge in [0.2, 0.25) is 0 Å². The largest absolute Gasteiger partial charge is 0.350 e. The van der Waals surface area contributed by atoms with Gasteiger partial charge in [0.15, 0.2) is 9.84 Å². The Hall–Kier alpha value is -1.11. The number of nitrogens with one attached hydrogen (secondary N) is 1. The van der Waals surface area contributed by atoms with Crippen molar-refractivity contribution in [2.45, 2.75) is 24.3 Å². The van der Waals surface area contributed by atoms with Crippen molar-refractivity contribution in [2.24, 2.45) is 5.73 Å². The number of nitrogens with two attached hydrogens (primary N) is 1. The fraction of sp³-hybridized carbons (Fsp3) is 0.417. The van der Waals surface area contributed by atoms with Gasteiger partial charge < -0.3 is 11.1 Å². The predicted molar refractivity (Wildman–Crippen MR) is 77.4 cm³/mol. The maximum Gasteiger partial charge on any atom is 0.251 e. The molecule has 0 aliphatic rings. The van der Waals surface area contributed by atoms with Gasteiger partial charge in [0.05, 0.1) is 4.90 Å². The van der Waals surface area contributed by atoms with Gasteiger partial charge in [0.1, 0.15) is 0 Å². The Bertz CT molecular complexity index is 533. The third-order valence-corrected chi connectivity index (χ3v) is 3.38. The van der Waals surface area contributed by atoms with E-state index in [4.69, 9.17) is 5.73 Å². The minimum atomic E-state index is -3.23. The smallest absolute Gasteiger partial charge is 0.251 e. The van der Waals surface area contributed by atoms with E-state index in [0.717, 1.165) is 6.26 Å². The number of sulfone groups is 1. The van der Waals surface area contributed by atoms with Gasteiger partial charge in [-0.15, -0.1) is 12.4 Å². The fourth-order valence-corrected chi connectivity index (χ4v) is 1.89. The highest BCUT2D eigenvalue weighted by Crippen LogP contribution is 2.10. The van der Waals surface area contributed by atoms with E-state index >= 15 is 0 Å². The van der Waals surface area contributed by atoms with Crippen LogP contribution in [-0.4, -0.2) is 32.7 Å². The molecule has 5 nitrogen and oxygen atoms in total. The molecular formula is C12H19ClN2O3S. The number of hydrogen-bond acceptors (Lipinski definition) is 4. The number of amides is 1.